The summed E-state index contributed by atoms with van der Waals surface area (Å²) in [6.07, 6.45) is 1.89. The molecule has 0 spiro atoms. The molecule has 112 valence electrons. The second-order valence-corrected chi connectivity index (χ2v) is 4.93. The standard InChI is InChI=1S/C18H23NO2/c1-20-17-12-6-5-11-16(17)18(14-19)21-13-7-10-15-8-3-2-4-9-15/h2-6,8-9,11-12,18H,7,10,13-14,19H2,1H3. The Morgan fingerprint density at radius 3 is 2.43 bits per heavy atom. The van der Waals surface area contributed by atoms with Crippen molar-refractivity contribution in [2.75, 3.05) is 20.3 Å². The third-order valence-electron chi connectivity index (χ3n) is 3.47. The average Bonchev–Trinajstić information content (AvgIpc) is 2.56. The van der Waals surface area contributed by atoms with E-state index in [2.05, 4.69) is 24.3 Å². The lowest BCUT2D eigenvalue weighted by molar-refractivity contribution is 0.0554. The molecule has 3 nitrogen and oxygen atoms in total. The lowest BCUT2D eigenvalue weighted by atomic mass is 10.1. The van der Waals surface area contributed by atoms with E-state index in [9.17, 15) is 0 Å². The molecule has 0 radical (unpaired) electrons. The maximum absolute atomic E-state index is 5.94. The van der Waals surface area contributed by atoms with E-state index in [1.807, 2.05) is 30.3 Å². The van der Waals surface area contributed by atoms with Gasteiger partial charge in [0.1, 0.15) is 5.75 Å². The number of methoxy groups -OCH3 is 1. The van der Waals surface area contributed by atoms with E-state index >= 15 is 0 Å². The van der Waals surface area contributed by atoms with Crippen LogP contribution in [0.25, 0.3) is 0 Å². The van der Waals surface area contributed by atoms with Crippen molar-refractivity contribution in [2.24, 2.45) is 5.73 Å². The maximum atomic E-state index is 5.94. The molecule has 0 saturated heterocycles. The summed E-state index contributed by atoms with van der Waals surface area (Å²) in [6, 6.07) is 18.3. The highest BCUT2D eigenvalue weighted by molar-refractivity contribution is 5.35. The fourth-order valence-electron chi connectivity index (χ4n) is 2.36. The molecule has 0 fully saturated rings. The van der Waals surface area contributed by atoms with Crippen molar-refractivity contribution in [1.29, 1.82) is 0 Å². The van der Waals surface area contributed by atoms with Gasteiger partial charge >= 0.3 is 0 Å². The van der Waals surface area contributed by atoms with Crippen LogP contribution in [0, 0.1) is 0 Å². The summed E-state index contributed by atoms with van der Waals surface area (Å²) in [5.74, 6) is 0.830. The Kier molecular flexibility index (Phi) is 6.25. The van der Waals surface area contributed by atoms with Gasteiger partial charge in [0.25, 0.3) is 0 Å². The second kappa shape index (κ2) is 8.45. The van der Waals surface area contributed by atoms with Crippen molar-refractivity contribution < 1.29 is 9.47 Å². The van der Waals surface area contributed by atoms with E-state index in [1.165, 1.54) is 5.56 Å². The number of nitrogens with two attached hydrogens (primary N) is 1. The molecule has 0 aliphatic heterocycles. The third kappa shape index (κ3) is 4.59. The van der Waals surface area contributed by atoms with Gasteiger partial charge < -0.3 is 15.2 Å². The van der Waals surface area contributed by atoms with E-state index in [1.54, 1.807) is 7.11 Å². The minimum atomic E-state index is -0.114. The average molecular weight is 285 g/mol. The van der Waals surface area contributed by atoms with Crippen LogP contribution >= 0.6 is 0 Å². The molecule has 2 aromatic carbocycles. The summed E-state index contributed by atoms with van der Waals surface area (Å²) in [5.41, 5.74) is 8.19. The zero-order chi connectivity index (χ0) is 14.9. The predicted molar refractivity (Wildman–Crippen MR) is 85.5 cm³/mol. The van der Waals surface area contributed by atoms with Crippen molar-refractivity contribution >= 4 is 0 Å². The Bertz CT molecular complexity index is 528. The lowest BCUT2D eigenvalue weighted by Crippen LogP contribution is -2.17. The number of benzene rings is 2. The molecule has 2 aromatic rings. The summed E-state index contributed by atoms with van der Waals surface area (Å²) in [7, 11) is 1.67. The van der Waals surface area contributed by atoms with Gasteiger partial charge in [0.05, 0.1) is 13.2 Å². The van der Waals surface area contributed by atoms with Gasteiger partial charge in [-0.2, -0.15) is 0 Å². The van der Waals surface area contributed by atoms with Crippen LogP contribution in [-0.2, 0) is 11.2 Å². The smallest absolute Gasteiger partial charge is 0.124 e. The fourth-order valence-corrected chi connectivity index (χ4v) is 2.36. The number of ether oxygens (including phenoxy) is 2. The molecular weight excluding hydrogens is 262 g/mol. The van der Waals surface area contributed by atoms with Gasteiger partial charge in [-0.3, -0.25) is 0 Å². The van der Waals surface area contributed by atoms with Crippen molar-refractivity contribution in [1.82, 2.24) is 0 Å². The summed E-state index contributed by atoms with van der Waals surface area (Å²) < 4.78 is 11.3. The van der Waals surface area contributed by atoms with Crippen LogP contribution in [0.2, 0.25) is 0 Å². The molecule has 1 atom stereocenters. The molecule has 0 saturated carbocycles. The quantitative estimate of drug-likeness (QED) is 0.757. The molecule has 2 rings (SSSR count). The first-order valence-corrected chi connectivity index (χ1v) is 7.33. The molecule has 1 unspecified atom stereocenters. The van der Waals surface area contributed by atoms with E-state index in [-0.39, 0.29) is 6.10 Å². The topological polar surface area (TPSA) is 44.5 Å². The van der Waals surface area contributed by atoms with Gasteiger partial charge in [0.2, 0.25) is 0 Å². The highest BCUT2D eigenvalue weighted by atomic mass is 16.5. The number of rotatable bonds is 8. The zero-order valence-electron chi connectivity index (χ0n) is 12.5. The Morgan fingerprint density at radius 2 is 1.71 bits per heavy atom. The van der Waals surface area contributed by atoms with Crippen LogP contribution in [0.3, 0.4) is 0 Å². The summed E-state index contributed by atoms with van der Waals surface area (Å²) in [6.45, 7) is 1.14. The van der Waals surface area contributed by atoms with Crippen LogP contribution in [0.15, 0.2) is 54.6 Å². The normalized spacial score (nSPS) is 12.1. The SMILES string of the molecule is COc1ccccc1C(CN)OCCCc1ccccc1. The molecule has 0 aliphatic rings. The Hall–Kier alpha value is -1.84. The Morgan fingerprint density at radius 1 is 1.00 bits per heavy atom. The number of aryl methyl sites for hydroxylation is 1. The first kappa shape index (κ1) is 15.5. The highest BCUT2D eigenvalue weighted by Gasteiger charge is 2.14. The Labute approximate surface area is 126 Å². The fraction of sp³-hybridized carbons (Fsp3) is 0.333. The lowest BCUT2D eigenvalue weighted by Gasteiger charge is -2.19. The van der Waals surface area contributed by atoms with Gasteiger partial charge in [-0.25, -0.2) is 0 Å². The van der Waals surface area contributed by atoms with Gasteiger partial charge in [-0.1, -0.05) is 48.5 Å². The van der Waals surface area contributed by atoms with E-state index < -0.39 is 0 Å². The summed E-state index contributed by atoms with van der Waals surface area (Å²) in [4.78, 5) is 0. The molecule has 0 bridgehead atoms. The second-order valence-electron chi connectivity index (χ2n) is 4.93. The monoisotopic (exact) mass is 285 g/mol. The summed E-state index contributed by atoms with van der Waals surface area (Å²) >= 11 is 0. The number of hydrogen-bond donors (Lipinski definition) is 1. The van der Waals surface area contributed by atoms with Crippen LogP contribution < -0.4 is 10.5 Å². The van der Waals surface area contributed by atoms with Crippen LogP contribution in [0.4, 0.5) is 0 Å². The first-order valence-electron chi connectivity index (χ1n) is 7.33. The zero-order valence-corrected chi connectivity index (χ0v) is 12.5. The van der Waals surface area contributed by atoms with E-state index in [0.717, 1.165) is 24.2 Å². The molecule has 2 N–H and O–H groups in total. The van der Waals surface area contributed by atoms with Crippen LogP contribution in [-0.4, -0.2) is 20.3 Å². The maximum Gasteiger partial charge on any atom is 0.124 e. The molecular formula is C18H23NO2. The minimum Gasteiger partial charge on any atom is -0.496 e. The predicted octanol–water partition coefficient (Wildman–Crippen LogP) is 3.34. The third-order valence-corrected chi connectivity index (χ3v) is 3.47. The molecule has 0 heterocycles. The Balaban J connectivity index is 1.85. The van der Waals surface area contributed by atoms with Gasteiger partial charge in [-0.05, 0) is 24.5 Å². The highest BCUT2D eigenvalue weighted by Crippen LogP contribution is 2.26. The first-order chi connectivity index (χ1) is 10.3. The van der Waals surface area contributed by atoms with Crippen molar-refractivity contribution in [3.8, 4) is 5.75 Å². The molecule has 0 aromatic heterocycles. The van der Waals surface area contributed by atoms with Crippen molar-refractivity contribution in [3.63, 3.8) is 0 Å². The molecule has 21 heavy (non-hydrogen) atoms. The molecule has 0 amide bonds. The van der Waals surface area contributed by atoms with Crippen molar-refractivity contribution in [2.45, 2.75) is 18.9 Å². The van der Waals surface area contributed by atoms with Crippen LogP contribution in [0.5, 0.6) is 5.75 Å². The van der Waals surface area contributed by atoms with E-state index in [4.69, 9.17) is 15.2 Å². The number of hydrogen-bond acceptors (Lipinski definition) is 3. The minimum absolute atomic E-state index is 0.114. The summed E-state index contributed by atoms with van der Waals surface area (Å²) in [5, 5.41) is 0. The molecule has 0 aliphatic carbocycles. The number of para-hydroxylation sites is 1. The van der Waals surface area contributed by atoms with Crippen molar-refractivity contribution in [3.05, 3.63) is 65.7 Å². The van der Waals surface area contributed by atoms with Gasteiger partial charge in [-0.15, -0.1) is 0 Å². The van der Waals surface area contributed by atoms with Gasteiger partial charge in [0.15, 0.2) is 0 Å². The molecule has 3 heteroatoms. The largest absolute Gasteiger partial charge is 0.496 e. The van der Waals surface area contributed by atoms with Gasteiger partial charge in [0, 0.05) is 18.7 Å². The van der Waals surface area contributed by atoms with Crippen LogP contribution in [0.1, 0.15) is 23.7 Å². The van der Waals surface area contributed by atoms with E-state index in [0.29, 0.717) is 13.2 Å².